The van der Waals surface area contributed by atoms with Crippen LogP contribution in [0.5, 0.6) is 5.75 Å². The zero-order valence-corrected chi connectivity index (χ0v) is 16.5. The van der Waals surface area contributed by atoms with Crippen LogP contribution in [0.25, 0.3) is 0 Å². The van der Waals surface area contributed by atoms with Gasteiger partial charge in [-0.05, 0) is 47.9 Å². The molecule has 6 nitrogen and oxygen atoms in total. The third kappa shape index (κ3) is 5.24. The van der Waals surface area contributed by atoms with Crippen molar-refractivity contribution in [3.8, 4) is 5.75 Å². The number of nitrogens with zero attached hydrogens (tertiary/aromatic N) is 2. The standard InChI is InChI=1S/C19H30FN3O3/c1-13(21-18(24)26-19(2,3)4)16-8-7-14(9-17(16)25-12-20)23-10-15(11-23)22(5)6/h7-9,13,15H,10-12H2,1-6H3,(H,21,24)/t13-/m0/s1. The van der Waals surface area contributed by atoms with E-state index < -0.39 is 18.6 Å². The fourth-order valence-electron chi connectivity index (χ4n) is 2.82. The van der Waals surface area contributed by atoms with E-state index in [9.17, 15) is 9.18 Å². The lowest BCUT2D eigenvalue weighted by Crippen LogP contribution is -2.57. The first kappa shape index (κ1) is 20.3. The van der Waals surface area contributed by atoms with Gasteiger partial charge in [0.05, 0.1) is 6.04 Å². The van der Waals surface area contributed by atoms with Gasteiger partial charge in [0, 0.05) is 36.4 Å². The number of hydrogen-bond acceptors (Lipinski definition) is 5. The van der Waals surface area contributed by atoms with E-state index in [1.165, 1.54) is 0 Å². The Kier molecular flexibility index (Phi) is 6.34. The molecule has 1 fully saturated rings. The van der Waals surface area contributed by atoms with E-state index in [1.807, 2.05) is 25.1 Å². The van der Waals surface area contributed by atoms with Crippen LogP contribution in [-0.2, 0) is 4.74 Å². The Bertz CT molecular complexity index is 625. The minimum absolute atomic E-state index is 0.369. The molecule has 0 aliphatic carbocycles. The highest BCUT2D eigenvalue weighted by Crippen LogP contribution is 2.32. The summed E-state index contributed by atoms with van der Waals surface area (Å²) in [4.78, 5) is 16.4. The first-order valence-corrected chi connectivity index (χ1v) is 8.84. The lowest BCUT2D eigenvalue weighted by atomic mass is 10.0. The Balaban J connectivity index is 2.09. The van der Waals surface area contributed by atoms with Crippen molar-refractivity contribution in [1.29, 1.82) is 0 Å². The predicted octanol–water partition coefficient (Wildman–Crippen LogP) is 3.33. The molecule has 1 saturated heterocycles. The van der Waals surface area contributed by atoms with Crippen molar-refractivity contribution in [2.24, 2.45) is 0 Å². The quantitative estimate of drug-likeness (QED) is 0.836. The number of halogens is 1. The molecule has 0 aromatic heterocycles. The molecule has 1 aliphatic rings. The Morgan fingerprint density at radius 2 is 2.04 bits per heavy atom. The van der Waals surface area contributed by atoms with E-state index in [0.717, 1.165) is 18.8 Å². The highest BCUT2D eigenvalue weighted by molar-refractivity contribution is 5.69. The van der Waals surface area contributed by atoms with Gasteiger partial charge in [-0.2, -0.15) is 0 Å². The molecule has 1 amide bonds. The fraction of sp³-hybridized carbons (Fsp3) is 0.632. The number of hydrogen-bond donors (Lipinski definition) is 1. The molecule has 1 heterocycles. The second-order valence-corrected chi connectivity index (χ2v) is 7.87. The predicted molar refractivity (Wildman–Crippen MR) is 101 cm³/mol. The Labute approximate surface area is 155 Å². The van der Waals surface area contributed by atoms with Gasteiger partial charge in [-0.25, -0.2) is 9.18 Å². The van der Waals surface area contributed by atoms with Gasteiger partial charge in [0.2, 0.25) is 6.86 Å². The van der Waals surface area contributed by atoms with E-state index in [4.69, 9.17) is 9.47 Å². The molecule has 26 heavy (non-hydrogen) atoms. The Morgan fingerprint density at radius 1 is 1.38 bits per heavy atom. The summed E-state index contributed by atoms with van der Waals surface area (Å²) in [5.41, 5.74) is 1.12. The lowest BCUT2D eigenvalue weighted by molar-refractivity contribution is 0.0507. The first-order chi connectivity index (χ1) is 12.1. The summed E-state index contributed by atoms with van der Waals surface area (Å²) >= 11 is 0. The number of alkyl carbamates (subject to hydrolysis) is 1. The number of alkyl halides is 1. The van der Waals surface area contributed by atoms with Crippen molar-refractivity contribution >= 4 is 11.8 Å². The maximum absolute atomic E-state index is 12.8. The van der Waals surface area contributed by atoms with Crippen LogP contribution in [0.2, 0.25) is 0 Å². The normalized spacial score (nSPS) is 16.2. The SMILES string of the molecule is C[C@H](NC(=O)OC(C)(C)C)c1ccc(N2CC(N(C)C)C2)cc1OCF. The molecule has 1 aromatic carbocycles. The highest BCUT2D eigenvalue weighted by atomic mass is 19.1. The molecule has 0 saturated carbocycles. The average molecular weight is 367 g/mol. The number of likely N-dealkylation sites (N-methyl/N-ethyl adjacent to an activating group) is 1. The molecule has 0 unspecified atom stereocenters. The van der Waals surface area contributed by atoms with Crippen LogP contribution >= 0.6 is 0 Å². The largest absolute Gasteiger partial charge is 0.462 e. The number of carbonyl (C=O) groups excluding carboxylic acids is 1. The second kappa shape index (κ2) is 8.12. The third-order valence-electron chi connectivity index (χ3n) is 4.36. The molecule has 0 radical (unpaired) electrons. The van der Waals surface area contributed by atoms with Crippen molar-refractivity contribution in [2.75, 3.05) is 38.9 Å². The van der Waals surface area contributed by atoms with Crippen molar-refractivity contribution < 1.29 is 18.7 Å². The minimum atomic E-state index is -0.921. The highest BCUT2D eigenvalue weighted by Gasteiger charge is 2.29. The molecule has 1 aliphatic heterocycles. The monoisotopic (exact) mass is 367 g/mol. The number of rotatable bonds is 6. The van der Waals surface area contributed by atoms with Crippen LogP contribution in [0.15, 0.2) is 18.2 Å². The lowest BCUT2D eigenvalue weighted by Gasteiger charge is -2.44. The fourth-order valence-corrected chi connectivity index (χ4v) is 2.82. The van der Waals surface area contributed by atoms with Gasteiger partial charge >= 0.3 is 6.09 Å². The summed E-state index contributed by atoms with van der Waals surface area (Å²) in [5, 5.41) is 2.77. The van der Waals surface area contributed by atoms with Crippen LogP contribution in [0.4, 0.5) is 14.9 Å². The van der Waals surface area contributed by atoms with Crippen LogP contribution in [-0.4, -0.2) is 56.7 Å². The second-order valence-electron chi connectivity index (χ2n) is 7.87. The van der Waals surface area contributed by atoms with Gasteiger partial charge in [-0.1, -0.05) is 6.07 Å². The third-order valence-corrected chi connectivity index (χ3v) is 4.36. The molecule has 146 valence electrons. The van der Waals surface area contributed by atoms with Gasteiger partial charge in [-0.15, -0.1) is 0 Å². The summed E-state index contributed by atoms with van der Waals surface area (Å²) in [6, 6.07) is 5.82. The summed E-state index contributed by atoms with van der Waals surface area (Å²) < 4.78 is 23.3. The number of benzene rings is 1. The van der Waals surface area contributed by atoms with Crippen LogP contribution in [0.3, 0.4) is 0 Å². The van der Waals surface area contributed by atoms with Crippen LogP contribution < -0.4 is 15.0 Å². The van der Waals surface area contributed by atoms with Crippen molar-refractivity contribution in [3.05, 3.63) is 23.8 Å². The molecule has 2 rings (SSSR count). The van der Waals surface area contributed by atoms with E-state index >= 15 is 0 Å². The molecular weight excluding hydrogens is 337 g/mol. The van der Waals surface area contributed by atoms with Gasteiger partial charge < -0.3 is 24.6 Å². The molecular formula is C19H30FN3O3. The van der Waals surface area contributed by atoms with Crippen LogP contribution in [0, 0.1) is 0 Å². The van der Waals surface area contributed by atoms with Gasteiger partial charge in [-0.3, -0.25) is 0 Å². The maximum atomic E-state index is 12.8. The zero-order chi connectivity index (χ0) is 19.5. The number of anilines is 1. The molecule has 1 N–H and O–H groups in total. The molecule has 1 atom stereocenters. The summed E-state index contributed by atoms with van der Waals surface area (Å²) in [5.74, 6) is 0.432. The van der Waals surface area contributed by atoms with E-state index in [2.05, 4.69) is 29.2 Å². The maximum Gasteiger partial charge on any atom is 0.408 e. The smallest absolute Gasteiger partial charge is 0.408 e. The number of amides is 1. The van der Waals surface area contributed by atoms with Crippen molar-refractivity contribution in [2.45, 2.75) is 45.4 Å². The summed E-state index contributed by atoms with van der Waals surface area (Å²) in [6.45, 7) is 8.15. The summed E-state index contributed by atoms with van der Waals surface area (Å²) in [7, 11) is 4.12. The van der Waals surface area contributed by atoms with Gasteiger partial charge in [0.15, 0.2) is 0 Å². The minimum Gasteiger partial charge on any atom is -0.462 e. The topological polar surface area (TPSA) is 54.0 Å². The molecule has 7 heteroatoms. The summed E-state index contributed by atoms with van der Waals surface area (Å²) in [6.07, 6.45) is -0.517. The molecule has 1 aromatic rings. The van der Waals surface area contributed by atoms with E-state index in [1.54, 1.807) is 20.8 Å². The van der Waals surface area contributed by atoms with Crippen molar-refractivity contribution in [1.82, 2.24) is 10.2 Å². The van der Waals surface area contributed by atoms with E-state index in [0.29, 0.717) is 17.4 Å². The Hall–Kier alpha value is -2.02. The van der Waals surface area contributed by atoms with Gasteiger partial charge in [0.1, 0.15) is 11.4 Å². The molecule has 0 spiro atoms. The van der Waals surface area contributed by atoms with Gasteiger partial charge in [0.25, 0.3) is 0 Å². The Morgan fingerprint density at radius 3 is 2.58 bits per heavy atom. The van der Waals surface area contributed by atoms with E-state index in [-0.39, 0.29) is 6.04 Å². The van der Waals surface area contributed by atoms with Crippen LogP contribution in [0.1, 0.15) is 39.3 Å². The average Bonchev–Trinajstić information content (AvgIpc) is 2.43. The molecule has 0 bridgehead atoms. The number of carbonyl (C=O) groups is 1. The first-order valence-electron chi connectivity index (χ1n) is 8.84. The number of ether oxygens (including phenoxy) is 2. The zero-order valence-electron chi connectivity index (χ0n) is 16.5. The van der Waals surface area contributed by atoms with Crippen molar-refractivity contribution in [3.63, 3.8) is 0 Å². The number of nitrogens with one attached hydrogen (secondary N) is 1.